The van der Waals surface area contributed by atoms with Gasteiger partial charge in [0.2, 0.25) is 0 Å². The van der Waals surface area contributed by atoms with Crippen LogP contribution in [0.15, 0.2) is 42.7 Å². The molecule has 0 bridgehead atoms. The van der Waals surface area contributed by atoms with Crippen LogP contribution in [-0.4, -0.2) is 78.8 Å². The number of nitrogens with zero attached hydrogens (tertiary/aromatic N) is 6. The molecule has 0 unspecified atom stereocenters. The Labute approximate surface area is 184 Å². The Kier molecular flexibility index (Phi) is 6.19. The lowest BCUT2D eigenvalue weighted by molar-refractivity contribution is 0.111. The van der Waals surface area contributed by atoms with Crippen molar-refractivity contribution in [1.29, 1.82) is 0 Å². The van der Waals surface area contributed by atoms with Gasteiger partial charge in [-0.2, -0.15) is 5.10 Å². The van der Waals surface area contributed by atoms with Crippen molar-refractivity contribution in [2.75, 3.05) is 38.5 Å². The third-order valence-corrected chi connectivity index (χ3v) is 5.26. The van der Waals surface area contributed by atoms with Crippen LogP contribution in [0.3, 0.4) is 0 Å². The smallest absolute Gasteiger partial charge is 0.407 e. The average Bonchev–Trinajstić information content (AvgIpc) is 3.26. The van der Waals surface area contributed by atoms with E-state index in [4.69, 9.17) is 10.8 Å². The number of phenolic OH excluding ortho intramolecular Hbond substituents is 1. The maximum atomic E-state index is 11.0. The molecule has 0 atom stereocenters. The number of nitrogen functional groups attached to an aromatic ring is 1. The number of aromatic hydroxyl groups is 1. The van der Waals surface area contributed by atoms with Crippen LogP contribution < -0.4 is 5.73 Å². The number of hydrogen-bond donors (Lipinski definition) is 3. The monoisotopic (exact) mass is 433 g/mol. The zero-order valence-corrected chi connectivity index (χ0v) is 17.3. The molecule has 32 heavy (non-hydrogen) atoms. The predicted octanol–water partition coefficient (Wildman–Crippen LogP) is 1.59. The lowest BCUT2D eigenvalue weighted by atomic mass is 10.1. The third kappa shape index (κ3) is 4.79. The van der Waals surface area contributed by atoms with Crippen LogP contribution in [-0.2, 0) is 6.54 Å². The lowest BCUT2D eigenvalue weighted by Crippen LogP contribution is -2.48. The second-order valence-corrected chi connectivity index (χ2v) is 7.37. The second-order valence-electron chi connectivity index (χ2n) is 7.37. The Morgan fingerprint density at radius 1 is 1.06 bits per heavy atom. The fraction of sp³-hybridized carbons (Fsp3) is 0.273. The summed E-state index contributed by atoms with van der Waals surface area (Å²) < 4.78 is 1.71. The number of piperazine rings is 1. The highest BCUT2D eigenvalue weighted by molar-refractivity contribution is 5.78. The van der Waals surface area contributed by atoms with Crippen molar-refractivity contribution in [3.8, 4) is 40.0 Å². The van der Waals surface area contributed by atoms with Gasteiger partial charge < -0.3 is 20.8 Å². The first-order chi connectivity index (χ1) is 15.5. The van der Waals surface area contributed by atoms with Gasteiger partial charge in [0, 0.05) is 49.1 Å². The quantitative estimate of drug-likeness (QED) is 0.528. The Balaban J connectivity index is 1.40. The van der Waals surface area contributed by atoms with Gasteiger partial charge in [-0.25, -0.2) is 4.79 Å². The van der Waals surface area contributed by atoms with Gasteiger partial charge in [0.25, 0.3) is 0 Å². The van der Waals surface area contributed by atoms with Crippen molar-refractivity contribution in [1.82, 2.24) is 29.8 Å². The number of aromatic nitrogens is 4. The van der Waals surface area contributed by atoms with E-state index < -0.39 is 6.09 Å². The maximum absolute atomic E-state index is 11.0. The van der Waals surface area contributed by atoms with Crippen LogP contribution in [0.5, 0.6) is 5.75 Å². The molecule has 0 radical (unpaired) electrons. The summed E-state index contributed by atoms with van der Waals surface area (Å²) >= 11 is 0. The van der Waals surface area contributed by atoms with Crippen LogP contribution in [0, 0.1) is 11.8 Å². The molecular formula is C22H23N7O3. The van der Waals surface area contributed by atoms with E-state index in [0.717, 1.165) is 5.56 Å². The molecule has 0 spiro atoms. The van der Waals surface area contributed by atoms with E-state index >= 15 is 0 Å². The van der Waals surface area contributed by atoms with Crippen molar-refractivity contribution in [3.05, 3.63) is 42.7 Å². The van der Waals surface area contributed by atoms with Crippen molar-refractivity contribution in [2.45, 2.75) is 6.54 Å². The zero-order chi connectivity index (χ0) is 22.5. The minimum absolute atomic E-state index is 0.118. The molecular weight excluding hydrogens is 410 g/mol. The number of carbonyl (C=O) groups is 1. The number of amides is 1. The molecule has 1 saturated heterocycles. The number of benzene rings is 1. The predicted molar refractivity (Wildman–Crippen MR) is 119 cm³/mol. The summed E-state index contributed by atoms with van der Waals surface area (Å²) in [5, 5.41) is 31.6. The van der Waals surface area contributed by atoms with Gasteiger partial charge in [0.1, 0.15) is 12.3 Å². The molecule has 4 rings (SSSR count). The first kappa shape index (κ1) is 21.1. The Morgan fingerprint density at radius 3 is 2.56 bits per heavy atom. The summed E-state index contributed by atoms with van der Waals surface area (Å²) in [6.07, 6.45) is 2.65. The number of hydrogen-bond acceptors (Lipinski definition) is 7. The van der Waals surface area contributed by atoms with Gasteiger partial charge in [0.05, 0.1) is 18.4 Å². The first-order valence-electron chi connectivity index (χ1n) is 10.1. The van der Waals surface area contributed by atoms with E-state index in [-0.39, 0.29) is 11.6 Å². The van der Waals surface area contributed by atoms with Crippen LogP contribution >= 0.6 is 0 Å². The van der Waals surface area contributed by atoms with Gasteiger partial charge in [-0.1, -0.05) is 24.0 Å². The van der Waals surface area contributed by atoms with E-state index in [9.17, 15) is 9.90 Å². The first-order valence-corrected chi connectivity index (χ1v) is 10.1. The summed E-state index contributed by atoms with van der Waals surface area (Å²) in [7, 11) is 0. The molecule has 1 aliphatic rings. The molecule has 3 aromatic rings. The van der Waals surface area contributed by atoms with Crippen molar-refractivity contribution in [3.63, 3.8) is 0 Å². The van der Waals surface area contributed by atoms with Gasteiger partial charge in [-0.3, -0.25) is 9.58 Å². The van der Waals surface area contributed by atoms with Crippen LogP contribution in [0.1, 0.15) is 0 Å². The van der Waals surface area contributed by atoms with E-state index in [1.54, 1.807) is 35.1 Å². The Bertz CT molecular complexity index is 1170. The van der Waals surface area contributed by atoms with E-state index in [1.807, 2.05) is 12.3 Å². The minimum Gasteiger partial charge on any atom is -0.507 e. The molecule has 1 amide bonds. The molecule has 164 valence electrons. The fourth-order valence-electron chi connectivity index (χ4n) is 3.45. The van der Waals surface area contributed by atoms with E-state index in [0.29, 0.717) is 56.1 Å². The van der Waals surface area contributed by atoms with Gasteiger partial charge >= 0.3 is 6.09 Å². The Hall–Kier alpha value is -4.10. The number of phenols is 1. The Morgan fingerprint density at radius 2 is 1.81 bits per heavy atom. The molecule has 1 fully saturated rings. The molecule has 0 saturated carbocycles. The highest BCUT2D eigenvalue weighted by Gasteiger charge is 2.19. The highest BCUT2D eigenvalue weighted by atomic mass is 16.4. The summed E-state index contributed by atoms with van der Waals surface area (Å²) in [6.45, 7) is 3.38. The van der Waals surface area contributed by atoms with Crippen molar-refractivity contribution in [2.24, 2.45) is 0 Å². The summed E-state index contributed by atoms with van der Waals surface area (Å²) in [6, 6.07) is 8.69. The van der Waals surface area contributed by atoms with Crippen LogP contribution in [0.2, 0.25) is 0 Å². The molecule has 10 heteroatoms. The molecule has 1 aromatic carbocycles. The summed E-state index contributed by atoms with van der Waals surface area (Å²) in [4.78, 5) is 14.5. The lowest BCUT2D eigenvalue weighted by Gasteiger charge is -2.31. The molecule has 10 nitrogen and oxygen atoms in total. The normalized spacial score (nSPS) is 14.1. The number of nitrogens with two attached hydrogens (primary N) is 1. The van der Waals surface area contributed by atoms with E-state index in [1.165, 1.54) is 4.90 Å². The minimum atomic E-state index is -0.872. The number of para-hydroxylation sites is 1. The third-order valence-electron chi connectivity index (χ3n) is 5.26. The average molecular weight is 433 g/mol. The highest BCUT2D eigenvalue weighted by Crippen LogP contribution is 2.31. The molecule has 2 aromatic heterocycles. The van der Waals surface area contributed by atoms with Crippen molar-refractivity contribution < 1.29 is 15.0 Å². The van der Waals surface area contributed by atoms with Gasteiger partial charge in [-0.15, -0.1) is 10.2 Å². The number of anilines is 1. The largest absolute Gasteiger partial charge is 0.507 e. The second kappa shape index (κ2) is 9.36. The topological polar surface area (TPSA) is 134 Å². The van der Waals surface area contributed by atoms with Crippen molar-refractivity contribution >= 4 is 11.9 Å². The summed E-state index contributed by atoms with van der Waals surface area (Å²) in [5.41, 5.74) is 8.58. The molecule has 0 aliphatic carbocycles. The fourth-order valence-corrected chi connectivity index (χ4v) is 3.45. The van der Waals surface area contributed by atoms with Crippen LogP contribution in [0.4, 0.5) is 10.6 Å². The zero-order valence-electron chi connectivity index (χ0n) is 17.3. The van der Waals surface area contributed by atoms with Crippen LogP contribution in [0.25, 0.3) is 22.4 Å². The van der Waals surface area contributed by atoms with E-state index in [2.05, 4.69) is 32.0 Å². The maximum Gasteiger partial charge on any atom is 0.407 e. The molecule has 3 heterocycles. The SMILES string of the molecule is Nc1nnc(-c2ccccc2O)cc1-c1cnn(CC#CCN2CCN(C(=O)O)CC2)c1. The van der Waals surface area contributed by atoms with Gasteiger partial charge in [0.15, 0.2) is 5.82 Å². The molecule has 4 N–H and O–H groups in total. The number of rotatable bonds is 4. The summed E-state index contributed by atoms with van der Waals surface area (Å²) in [5.74, 6) is 6.60. The van der Waals surface area contributed by atoms with Gasteiger partial charge in [-0.05, 0) is 18.2 Å². The number of carboxylic acid groups (broad SMARTS) is 1. The molecule has 1 aliphatic heterocycles. The standard InChI is InChI=1S/C22H23N7O3/c23-21-18(13-19(25-26-21)17-5-1-2-6-20(17)30)16-14-24-29(15-16)8-4-3-7-27-9-11-28(12-10-27)22(31)32/h1-2,5-6,13-15,30H,7-12H2,(H2,23,26)(H,31,32).